The van der Waals surface area contributed by atoms with Crippen LogP contribution in [-0.4, -0.2) is 26.2 Å². The first-order chi connectivity index (χ1) is 9.69. The number of ether oxygens (including phenoxy) is 2. The number of carbonyl (C=O) groups excluding carboxylic acids is 1. The summed E-state index contributed by atoms with van der Waals surface area (Å²) in [4.78, 5) is 12.5. The molecule has 0 saturated heterocycles. The van der Waals surface area contributed by atoms with E-state index < -0.39 is 5.54 Å². The monoisotopic (exact) mass is 275 g/mol. The van der Waals surface area contributed by atoms with Crippen molar-refractivity contribution in [2.75, 3.05) is 14.2 Å². The van der Waals surface area contributed by atoms with Crippen LogP contribution in [0.1, 0.15) is 36.8 Å². The minimum atomic E-state index is -0.696. The number of benzene rings is 1. The van der Waals surface area contributed by atoms with Crippen LogP contribution in [0.15, 0.2) is 18.2 Å². The first-order valence-corrected chi connectivity index (χ1v) is 7.23. The van der Waals surface area contributed by atoms with E-state index in [9.17, 15) is 4.79 Å². The second-order valence-electron chi connectivity index (χ2n) is 5.69. The van der Waals surface area contributed by atoms with Crippen LogP contribution in [0.5, 0.6) is 5.75 Å². The zero-order valence-electron chi connectivity index (χ0n) is 12.1. The van der Waals surface area contributed by atoms with Gasteiger partial charge in [0.1, 0.15) is 11.3 Å². The summed E-state index contributed by atoms with van der Waals surface area (Å²) in [5.74, 6) is 0.607. The lowest BCUT2D eigenvalue weighted by Gasteiger charge is -2.37. The Balaban J connectivity index is 2.08. The molecule has 0 radical (unpaired) electrons. The highest BCUT2D eigenvalue weighted by Crippen LogP contribution is 2.40. The summed E-state index contributed by atoms with van der Waals surface area (Å²) < 4.78 is 10.4. The quantitative estimate of drug-likeness (QED) is 0.855. The summed E-state index contributed by atoms with van der Waals surface area (Å²) in [6, 6.07) is 6.45. The number of methoxy groups -OCH3 is 2. The van der Waals surface area contributed by atoms with Gasteiger partial charge in [0.05, 0.1) is 14.2 Å². The fourth-order valence-electron chi connectivity index (χ4n) is 3.15. The van der Waals surface area contributed by atoms with Gasteiger partial charge in [-0.1, -0.05) is 6.07 Å². The van der Waals surface area contributed by atoms with Crippen LogP contribution < -0.4 is 10.1 Å². The third kappa shape index (κ3) is 2.18. The highest BCUT2D eigenvalue weighted by molar-refractivity contribution is 5.84. The molecule has 0 aliphatic heterocycles. The summed E-state index contributed by atoms with van der Waals surface area (Å²) in [5, 5.41) is 3.53. The molecule has 0 heterocycles. The third-order valence-electron chi connectivity index (χ3n) is 4.34. The van der Waals surface area contributed by atoms with Crippen molar-refractivity contribution in [2.45, 2.75) is 43.7 Å². The molecule has 1 aromatic rings. The van der Waals surface area contributed by atoms with Crippen LogP contribution in [0.25, 0.3) is 0 Å². The summed E-state index contributed by atoms with van der Waals surface area (Å²) in [6.07, 6.45) is 5.06. The maximum Gasteiger partial charge on any atom is 0.330 e. The predicted molar refractivity (Wildman–Crippen MR) is 75.8 cm³/mol. The van der Waals surface area contributed by atoms with E-state index in [4.69, 9.17) is 9.47 Å². The Morgan fingerprint density at radius 2 is 2.15 bits per heavy atom. The van der Waals surface area contributed by atoms with E-state index in [0.29, 0.717) is 6.04 Å². The number of hydrogen-bond acceptors (Lipinski definition) is 4. The Morgan fingerprint density at radius 1 is 1.35 bits per heavy atom. The molecule has 0 bridgehead atoms. The Kier molecular flexibility index (Phi) is 3.42. The summed E-state index contributed by atoms with van der Waals surface area (Å²) >= 11 is 0. The molecular formula is C16H21NO3. The molecule has 4 nitrogen and oxygen atoms in total. The van der Waals surface area contributed by atoms with Crippen LogP contribution in [0, 0.1) is 0 Å². The number of nitrogens with one attached hydrogen (secondary N) is 1. The smallest absolute Gasteiger partial charge is 0.330 e. The lowest BCUT2D eigenvalue weighted by atomic mass is 9.76. The van der Waals surface area contributed by atoms with Crippen LogP contribution in [0.4, 0.5) is 0 Å². The molecule has 1 atom stereocenters. The largest absolute Gasteiger partial charge is 0.497 e. The van der Waals surface area contributed by atoms with Crippen molar-refractivity contribution in [2.24, 2.45) is 0 Å². The number of esters is 1. The molecule has 1 unspecified atom stereocenters. The molecule has 20 heavy (non-hydrogen) atoms. The summed E-state index contributed by atoms with van der Waals surface area (Å²) in [6.45, 7) is 0. The van der Waals surface area contributed by atoms with Crippen molar-refractivity contribution in [1.82, 2.24) is 5.32 Å². The molecule has 0 aromatic heterocycles. The molecule has 2 aliphatic carbocycles. The average Bonchev–Trinajstić information content (AvgIpc) is 3.30. The minimum absolute atomic E-state index is 0.182. The van der Waals surface area contributed by atoms with Gasteiger partial charge in [-0.3, -0.25) is 5.32 Å². The SMILES string of the molecule is COC(=O)C1(NC2CC2)CCCc2ccc(OC)cc21. The second kappa shape index (κ2) is 5.09. The van der Waals surface area contributed by atoms with Crippen molar-refractivity contribution in [3.05, 3.63) is 29.3 Å². The van der Waals surface area contributed by atoms with Gasteiger partial charge in [0.2, 0.25) is 0 Å². The Hall–Kier alpha value is -1.55. The topological polar surface area (TPSA) is 47.6 Å². The third-order valence-corrected chi connectivity index (χ3v) is 4.34. The fourth-order valence-corrected chi connectivity index (χ4v) is 3.15. The van der Waals surface area contributed by atoms with Gasteiger partial charge in [0.15, 0.2) is 0 Å². The molecule has 4 heteroatoms. The van der Waals surface area contributed by atoms with E-state index in [1.165, 1.54) is 12.7 Å². The molecule has 3 rings (SSSR count). The number of carbonyl (C=O) groups is 1. The van der Waals surface area contributed by atoms with E-state index in [2.05, 4.69) is 11.4 Å². The first-order valence-electron chi connectivity index (χ1n) is 7.23. The van der Waals surface area contributed by atoms with Crippen LogP contribution in [0.2, 0.25) is 0 Å². The summed E-state index contributed by atoms with van der Waals surface area (Å²) in [7, 11) is 3.12. The van der Waals surface area contributed by atoms with Gasteiger partial charge < -0.3 is 9.47 Å². The highest BCUT2D eigenvalue weighted by Gasteiger charge is 2.47. The summed E-state index contributed by atoms with van der Waals surface area (Å²) in [5.41, 5.74) is 1.55. The maximum atomic E-state index is 12.5. The fraction of sp³-hybridized carbons (Fsp3) is 0.562. The molecule has 1 N–H and O–H groups in total. The Morgan fingerprint density at radius 3 is 2.80 bits per heavy atom. The minimum Gasteiger partial charge on any atom is -0.497 e. The average molecular weight is 275 g/mol. The number of rotatable bonds is 4. The normalized spacial score (nSPS) is 24.9. The van der Waals surface area contributed by atoms with Crippen LogP contribution in [-0.2, 0) is 21.5 Å². The molecule has 0 amide bonds. The zero-order chi connectivity index (χ0) is 14.2. The first kappa shape index (κ1) is 13.4. The van der Waals surface area contributed by atoms with Crippen LogP contribution in [0.3, 0.4) is 0 Å². The number of hydrogen-bond donors (Lipinski definition) is 1. The number of fused-ring (bicyclic) bond motifs is 1. The van der Waals surface area contributed by atoms with Crippen molar-refractivity contribution >= 4 is 5.97 Å². The standard InChI is InChI=1S/C16H21NO3/c1-19-13-8-5-11-4-3-9-16(14(11)10-13,15(18)20-2)17-12-6-7-12/h5,8,10,12,17H,3-4,6-7,9H2,1-2H3. The molecule has 0 spiro atoms. The molecule has 1 saturated carbocycles. The molecular weight excluding hydrogens is 254 g/mol. The van der Waals surface area contributed by atoms with E-state index >= 15 is 0 Å². The maximum absolute atomic E-state index is 12.5. The predicted octanol–water partition coefficient (Wildman–Crippen LogP) is 2.15. The zero-order valence-corrected chi connectivity index (χ0v) is 12.1. The van der Waals surface area contributed by atoms with Crippen molar-refractivity contribution < 1.29 is 14.3 Å². The van der Waals surface area contributed by atoms with Gasteiger partial charge in [-0.2, -0.15) is 0 Å². The number of aryl methyl sites for hydroxylation is 1. The van der Waals surface area contributed by atoms with Crippen molar-refractivity contribution in [3.63, 3.8) is 0 Å². The van der Waals surface area contributed by atoms with E-state index in [0.717, 1.165) is 43.4 Å². The van der Waals surface area contributed by atoms with E-state index in [-0.39, 0.29) is 5.97 Å². The Bertz CT molecular complexity index is 524. The van der Waals surface area contributed by atoms with Crippen molar-refractivity contribution in [3.8, 4) is 5.75 Å². The molecule has 1 aromatic carbocycles. The van der Waals surface area contributed by atoms with Gasteiger partial charge >= 0.3 is 5.97 Å². The molecule has 108 valence electrons. The van der Waals surface area contributed by atoms with E-state index in [1.807, 2.05) is 12.1 Å². The van der Waals surface area contributed by atoms with E-state index in [1.54, 1.807) is 7.11 Å². The van der Waals surface area contributed by atoms with Gasteiger partial charge in [-0.25, -0.2) is 4.79 Å². The van der Waals surface area contributed by atoms with Gasteiger partial charge in [-0.05, 0) is 55.4 Å². The van der Waals surface area contributed by atoms with Gasteiger partial charge in [0, 0.05) is 6.04 Å². The van der Waals surface area contributed by atoms with Crippen molar-refractivity contribution in [1.29, 1.82) is 0 Å². The highest BCUT2D eigenvalue weighted by atomic mass is 16.5. The Labute approximate surface area is 119 Å². The second-order valence-corrected chi connectivity index (χ2v) is 5.69. The lowest BCUT2D eigenvalue weighted by Crippen LogP contribution is -2.52. The lowest BCUT2D eigenvalue weighted by molar-refractivity contribution is -0.150. The molecule has 1 fully saturated rings. The van der Waals surface area contributed by atoms with Gasteiger partial charge in [0.25, 0.3) is 0 Å². The van der Waals surface area contributed by atoms with Crippen LogP contribution >= 0.6 is 0 Å². The molecule has 2 aliphatic rings. The van der Waals surface area contributed by atoms with Gasteiger partial charge in [-0.15, -0.1) is 0 Å².